The van der Waals surface area contributed by atoms with Crippen LogP contribution in [-0.2, 0) is 0 Å². The lowest BCUT2D eigenvalue weighted by atomic mass is 9.87. The molecule has 0 fully saturated rings. The van der Waals surface area contributed by atoms with E-state index in [0.717, 1.165) is 45.2 Å². The minimum Gasteiger partial charge on any atom is -0.365 e. The van der Waals surface area contributed by atoms with Crippen molar-refractivity contribution in [2.24, 2.45) is 0 Å². The second-order valence-corrected chi connectivity index (χ2v) is 7.60. The maximum Gasteiger partial charge on any atom is 0.171 e. The van der Waals surface area contributed by atoms with Gasteiger partial charge in [0.1, 0.15) is 0 Å². The number of aliphatic hydroxyl groups excluding tert-OH is 1. The molecule has 0 radical (unpaired) electrons. The number of allylic oxidation sites excluding steroid dienone is 1. The Hall–Kier alpha value is -3.18. The van der Waals surface area contributed by atoms with E-state index in [2.05, 4.69) is 46.6 Å². The number of aliphatic hydroxyl groups is 2. The van der Waals surface area contributed by atoms with Crippen molar-refractivity contribution in [2.45, 2.75) is 12.7 Å². The SMILES string of the molecule is OC(O)/C=C/c1ccc(/C(=C(/CCCl)c2ccccc2)c2ccc3[nH]ncc3c2)cc1. The minimum atomic E-state index is -1.47. The average molecular weight is 431 g/mol. The van der Waals surface area contributed by atoms with Crippen molar-refractivity contribution in [2.75, 3.05) is 5.88 Å². The average Bonchev–Trinajstić information content (AvgIpc) is 3.27. The van der Waals surface area contributed by atoms with Gasteiger partial charge >= 0.3 is 0 Å². The third kappa shape index (κ3) is 4.94. The molecule has 0 unspecified atom stereocenters. The maximum atomic E-state index is 9.07. The Bertz CT molecular complexity index is 1210. The molecule has 0 saturated heterocycles. The van der Waals surface area contributed by atoms with Crippen LogP contribution in [0.3, 0.4) is 0 Å². The first-order chi connectivity index (χ1) is 15.2. The number of nitrogens with one attached hydrogen (secondary N) is 1. The number of hydrogen-bond donors (Lipinski definition) is 3. The smallest absolute Gasteiger partial charge is 0.171 e. The molecule has 0 saturated carbocycles. The number of hydrogen-bond acceptors (Lipinski definition) is 3. The highest BCUT2D eigenvalue weighted by Crippen LogP contribution is 2.36. The predicted molar refractivity (Wildman–Crippen MR) is 127 cm³/mol. The van der Waals surface area contributed by atoms with Gasteiger partial charge in [-0.3, -0.25) is 5.10 Å². The molecule has 1 aromatic heterocycles. The first-order valence-corrected chi connectivity index (χ1v) is 10.6. The van der Waals surface area contributed by atoms with Crippen LogP contribution >= 0.6 is 11.6 Å². The molecule has 3 aromatic carbocycles. The number of alkyl halides is 1. The lowest BCUT2D eigenvalue weighted by Gasteiger charge is -2.17. The first-order valence-electron chi connectivity index (χ1n) is 10.1. The van der Waals surface area contributed by atoms with Crippen LogP contribution < -0.4 is 0 Å². The fourth-order valence-electron chi connectivity index (χ4n) is 3.72. The summed E-state index contributed by atoms with van der Waals surface area (Å²) >= 11 is 6.23. The van der Waals surface area contributed by atoms with Gasteiger partial charge in [-0.15, -0.1) is 11.6 Å². The highest BCUT2D eigenvalue weighted by Gasteiger charge is 2.15. The van der Waals surface area contributed by atoms with Gasteiger partial charge in [0.25, 0.3) is 0 Å². The molecular formula is C26H23ClN2O2. The molecule has 5 heteroatoms. The molecule has 3 N–H and O–H groups in total. The summed E-state index contributed by atoms with van der Waals surface area (Å²) in [5, 5.41) is 26.3. The van der Waals surface area contributed by atoms with Crippen LogP contribution in [0.15, 0.2) is 85.1 Å². The summed E-state index contributed by atoms with van der Waals surface area (Å²) in [5.41, 5.74) is 7.46. The van der Waals surface area contributed by atoms with Crippen LogP contribution in [0.1, 0.15) is 28.7 Å². The molecule has 1 heterocycles. The van der Waals surface area contributed by atoms with Gasteiger partial charge in [-0.1, -0.05) is 66.7 Å². The Morgan fingerprint density at radius 2 is 1.68 bits per heavy atom. The third-order valence-corrected chi connectivity index (χ3v) is 5.35. The number of fused-ring (bicyclic) bond motifs is 1. The van der Waals surface area contributed by atoms with E-state index < -0.39 is 6.29 Å². The quantitative estimate of drug-likeness (QED) is 0.207. The summed E-state index contributed by atoms with van der Waals surface area (Å²) in [6.07, 6.45) is 4.11. The van der Waals surface area contributed by atoms with Crippen molar-refractivity contribution in [1.82, 2.24) is 10.2 Å². The van der Waals surface area contributed by atoms with Crippen LogP contribution in [0.5, 0.6) is 0 Å². The molecule has 31 heavy (non-hydrogen) atoms. The summed E-state index contributed by atoms with van der Waals surface area (Å²) in [7, 11) is 0. The van der Waals surface area contributed by atoms with Gasteiger partial charge in [0, 0.05) is 11.3 Å². The molecule has 156 valence electrons. The van der Waals surface area contributed by atoms with Crippen molar-refractivity contribution in [3.05, 3.63) is 107 Å². The van der Waals surface area contributed by atoms with Crippen molar-refractivity contribution < 1.29 is 10.2 Å². The van der Waals surface area contributed by atoms with Crippen LogP contribution in [-0.4, -0.2) is 32.6 Å². The van der Waals surface area contributed by atoms with E-state index in [1.165, 1.54) is 11.6 Å². The summed E-state index contributed by atoms with van der Waals surface area (Å²) in [6.45, 7) is 0. The fourth-order valence-corrected chi connectivity index (χ4v) is 3.91. The molecule has 0 amide bonds. The van der Waals surface area contributed by atoms with Gasteiger partial charge in [0.15, 0.2) is 6.29 Å². The van der Waals surface area contributed by atoms with Crippen LogP contribution in [0.25, 0.3) is 28.1 Å². The summed E-state index contributed by atoms with van der Waals surface area (Å²) in [6, 6.07) is 24.6. The highest BCUT2D eigenvalue weighted by atomic mass is 35.5. The second-order valence-electron chi connectivity index (χ2n) is 7.23. The van der Waals surface area contributed by atoms with E-state index in [4.69, 9.17) is 21.8 Å². The molecule has 0 bridgehead atoms. The van der Waals surface area contributed by atoms with Crippen molar-refractivity contribution in [3.63, 3.8) is 0 Å². The number of halogens is 1. The molecule has 4 aromatic rings. The third-order valence-electron chi connectivity index (χ3n) is 5.16. The van der Waals surface area contributed by atoms with Crippen molar-refractivity contribution >= 4 is 39.7 Å². The topological polar surface area (TPSA) is 69.1 Å². The van der Waals surface area contributed by atoms with Gasteiger partial charge < -0.3 is 10.2 Å². The lowest BCUT2D eigenvalue weighted by Crippen LogP contribution is -1.98. The molecular weight excluding hydrogens is 408 g/mol. The van der Waals surface area contributed by atoms with Crippen molar-refractivity contribution in [1.29, 1.82) is 0 Å². The zero-order chi connectivity index (χ0) is 21.6. The lowest BCUT2D eigenvalue weighted by molar-refractivity contribution is 0.00303. The number of benzene rings is 3. The monoisotopic (exact) mass is 430 g/mol. The van der Waals surface area contributed by atoms with E-state index in [0.29, 0.717) is 5.88 Å². The largest absolute Gasteiger partial charge is 0.365 e. The molecule has 0 aliphatic rings. The zero-order valence-corrected chi connectivity index (χ0v) is 17.6. The van der Waals surface area contributed by atoms with Gasteiger partial charge in [-0.2, -0.15) is 5.10 Å². The first kappa shape index (κ1) is 21.1. The fraction of sp³-hybridized carbons (Fsp3) is 0.115. The van der Waals surface area contributed by atoms with E-state index in [-0.39, 0.29) is 0 Å². The van der Waals surface area contributed by atoms with Crippen LogP contribution in [0.2, 0.25) is 0 Å². The van der Waals surface area contributed by atoms with Gasteiger partial charge in [-0.25, -0.2) is 0 Å². The van der Waals surface area contributed by atoms with Gasteiger partial charge in [0.05, 0.1) is 11.7 Å². The van der Waals surface area contributed by atoms with E-state index >= 15 is 0 Å². The maximum absolute atomic E-state index is 9.07. The van der Waals surface area contributed by atoms with E-state index in [1.807, 2.05) is 42.6 Å². The number of nitrogens with zero attached hydrogens (tertiary/aromatic N) is 1. The number of aromatic amines is 1. The molecule has 0 atom stereocenters. The molecule has 4 rings (SSSR count). The molecule has 0 spiro atoms. The number of rotatable bonds is 7. The second kappa shape index (κ2) is 9.75. The standard InChI is InChI=1S/C26H23ClN2O2/c27-15-14-23(19-4-2-1-3-5-19)26(21-11-12-24-22(16-21)17-28-29-24)20-9-6-18(7-10-20)8-13-25(30)31/h1-13,16-17,25,30-31H,14-15H2,(H,28,29)/b13-8+,26-23+. The predicted octanol–water partition coefficient (Wildman–Crippen LogP) is 5.47. The van der Waals surface area contributed by atoms with E-state index in [1.54, 1.807) is 6.08 Å². The Balaban J connectivity index is 1.90. The summed E-state index contributed by atoms with van der Waals surface area (Å²) < 4.78 is 0. The zero-order valence-electron chi connectivity index (χ0n) is 16.9. The Kier molecular flexibility index (Phi) is 6.63. The Morgan fingerprint density at radius 3 is 2.39 bits per heavy atom. The molecule has 0 aliphatic carbocycles. The van der Waals surface area contributed by atoms with Crippen LogP contribution in [0.4, 0.5) is 0 Å². The van der Waals surface area contributed by atoms with Gasteiger partial charge in [-0.05, 0) is 58.0 Å². The highest BCUT2D eigenvalue weighted by molar-refractivity contribution is 6.18. The number of H-pyrrole nitrogens is 1. The van der Waals surface area contributed by atoms with Gasteiger partial charge in [0.2, 0.25) is 0 Å². The Morgan fingerprint density at radius 1 is 0.935 bits per heavy atom. The summed E-state index contributed by atoms with van der Waals surface area (Å²) in [5.74, 6) is 0.511. The Labute approximate surface area is 186 Å². The minimum absolute atomic E-state index is 0.511. The van der Waals surface area contributed by atoms with Crippen LogP contribution in [0, 0.1) is 0 Å². The number of aromatic nitrogens is 2. The van der Waals surface area contributed by atoms with Crippen molar-refractivity contribution in [3.8, 4) is 0 Å². The normalized spacial score (nSPS) is 12.6. The molecule has 4 nitrogen and oxygen atoms in total. The summed E-state index contributed by atoms with van der Waals surface area (Å²) in [4.78, 5) is 0. The van der Waals surface area contributed by atoms with E-state index in [9.17, 15) is 0 Å². The molecule has 0 aliphatic heterocycles.